The summed E-state index contributed by atoms with van der Waals surface area (Å²) in [4.78, 5) is 10.4. The molecule has 0 aliphatic carbocycles. The van der Waals surface area contributed by atoms with Crippen LogP contribution in [-0.2, 0) is 4.74 Å². The molecule has 0 saturated carbocycles. The highest BCUT2D eigenvalue weighted by atomic mass is 16.6. The lowest BCUT2D eigenvalue weighted by Gasteiger charge is -2.09. The zero-order valence-electron chi connectivity index (χ0n) is 11.4. The maximum absolute atomic E-state index is 10.9. The van der Waals surface area contributed by atoms with Crippen molar-refractivity contribution < 1.29 is 9.66 Å². The number of para-hydroxylation sites is 1. The molecule has 106 valence electrons. The summed E-state index contributed by atoms with van der Waals surface area (Å²) in [5.41, 5.74) is 6.16. The summed E-state index contributed by atoms with van der Waals surface area (Å²) in [7, 11) is 0. The second kappa shape index (κ2) is 7.58. The van der Waals surface area contributed by atoms with Crippen molar-refractivity contribution in [2.75, 3.05) is 30.8 Å². The molecule has 0 heterocycles. The van der Waals surface area contributed by atoms with Gasteiger partial charge in [-0.15, -0.1) is 0 Å². The lowest BCUT2D eigenvalue weighted by atomic mass is 10.2. The first-order valence-corrected chi connectivity index (χ1v) is 6.37. The first-order valence-electron chi connectivity index (χ1n) is 6.37. The number of hydrogen-bond donors (Lipinski definition) is 2. The van der Waals surface area contributed by atoms with Gasteiger partial charge < -0.3 is 15.8 Å². The van der Waals surface area contributed by atoms with Crippen LogP contribution in [0.1, 0.15) is 20.3 Å². The van der Waals surface area contributed by atoms with Gasteiger partial charge >= 0.3 is 5.69 Å². The topological polar surface area (TPSA) is 90.4 Å². The Hall–Kier alpha value is -1.82. The van der Waals surface area contributed by atoms with Crippen molar-refractivity contribution >= 4 is 17.1 Å². The summed E-state index contributed by atoms with van der Waals surface area (Å²) in [6.07, 6.45) is 0.790. The molecule has 0 spiro atoms. The molecule has 0 atom stereocenters. The molecule has 0 bridgehead atoms. The Bertz CT molecular complexity index is 422. The van der Waals surface area contributed by atoms with Crippen LogP contribution in [0.2, 0.25) is 0 Å². The fourth-order valence-electron chi connectivity index (χ4n) is 1.62. The van der Waals surface area contributed by atoms with Crippen LogP contribution in [0.25, 0.3) is 0 Å². The number of nitrogens with one attached hydrogen (secondary N) is 1. The van der Waals surface area contributed by atoms with E-state index >= 15 is 0 Å². The van der Waals surface area contributed by atoms with E-state index in [1.54, 1.807) is 12.1 Å². The van der Waals surface area contributed by atoms with Gasteiger partial charge in [0.2, 0.25) is 0 Å². The molecule has 1 aromatic rings. The molecular weight excluding hydrogens is 246 g/mol. The van der Waals surface area contributed by atoms with Crippen molar-refractivity contribution in [2.24, 2.45) is 5.92 Å². The summed E-state index contributed by atoms with van der Waals surface area (Å²) in [6.45, 7) is 6.17. The van der Waals surface area contributed by atoms with Gasteiger partial charge in [0.15, 0.2) is 0 Å². The van der Waals surface area contributed by atoms with Crippen LogP contribution < -0.4 is 11.1 Å². The van der Waals surface area contributed by atoms with Crippen molar-refractivity contribution in [3.05, 3.63) is 28.3 Å². The Kier molecular flexibility index (Phi) is 6.08. The summed E-state index contributed by atoms with van der Waals surface area (Å²) in [6, 6.07) is 4.87. The van der Waals surface area contributed by atoms with Crippen LogP contribution in [0.5, 0.6) is 0 Å². The molecule has 0 unspecified atom stereocenters. The van der Waals surface area contributed by atoms with E-state index in [9.17, 15) is 10.1 Å². The van der Waals surface area contributed by atoms with Gasteiger partial charge in [0.1, 0.15) is 11.4 Å². The van der Waals surface area contributed by atoms with Crippen LogP contribution in [0.3, 0.4) is 0 Å². The maximum Gasteiger partial charge on any atom is 0.314 e. The predicted octanol–water partition coefficient (Wildman–Crippen LogP) is 2.65. The number of anilines is 2. The van der Waals surface area contributed by atoms with Crippen molar-refractivity contribution in [3.63, 3.8) is 0 Å². The van der Waals surface area contributed by atoms with Crippen molar-refractivity contribution in [3.8, 4) is 0 Å². The smallest absolute Gasteiger partial charge is 0.314 e. The number of benzene rings is 1. The number of hydrogen-bond acceptors (Lipinski definition) is 5. The summed E-state index contributed by atoms with van der Waals surface area (Å²) < 4.78 is 5.44. The van der Waals surface area contributed by atoms with E-state index in [4.69, 9.17) is 10.5 Å². The van der Waals surface area contributed by atoms with E-state index in [1.807, 2.05) is 0 Å². The lowest BCUT2D eigenvalue weighted by molar-refractivity contribution is -0.383. The number of nitro benzene ring substituents is 1. The van der Waals surface area contributed by atoms with Gasteiger partial charge in [0.05, 0.1) is 4.92 Å². The minimum Gasteiger partial charge on any atom is -0.393 e. The largest absolute Gasteiger partial charge is 0.393 e. The molecule has 0 amide bonds. The SMILES string of the molecule is CC(C)COCCCNc1cccc(N)c1[N+](=O)[O-]. The fraction of sp³-hybridized carbons (Fsp3) is 0.538. The highest BCUT2D eigenvalue weighted by Gasteiger charge is 2.16. The number of ether oxygens (including phenoxy) is 1. The molecule has 1 aromatic carbocycles. The molecule has 0 aliphatic heterocycles. The molecule has 0 aromatic heterocycles. The third-order valence-corrected chi connectivity index (χ3v) is 2.48. The van der Waals surface area contributed by atoms with E-state index in [-0.39, 0.29) is 11.4 Å². The summed E-state index contributed by atoms with van der Waals surface area (Å²) >= 11 is 0. The van der Waals surface area contributed by atoms with Gasteiger partial charge in [-0.3, -0.25) is 10.1 Å². The first-order chi connectivity index (χ1) is 9.02. The monoisotopic (exact) mass is 267 g/mol. The highest BCUT2D eigenvalue weighted by Crippen LogP contribution is 2.30. The van der Waals surface area contributed by atoms with E-state index < -0.39 is 4.92 Å². The molecule has 0 radical (unpaired) electrons. The third-order valence-electron chi connectivity index (χ3n) is 2.48. The molecule has 6 nitrogen and oxygen atoms in total. The lowest BCUT2D eigenvalue weighted by Crippen LogP contribution is -2.10. The fourth-order valence-corrected chi connectivity index (χ4v) is 1.62. The quantitative estimate of drug-likeness (QED) is 0.327. The van der Waals surface area contributed by atoms with E-state index in [1.165, 1.54) is 6.07 Å². The number of rotatable bonds is 8. The van der Waals surface area contributed by atoms with Crippen molar-refractivity contribution in [1.82, 2.24) is 0 Å². The average molecular weight is 267 g/mol. The molecule has 19 heavy (non-hydrogen) atoms. The molecule has 0 aliphatic rings. The number of nitrogens with zero attached hydrogens (tertiary/aromatic N) is 1. The van der Waals surface area contributed by atoms with E-state index in [0.29, 0.717) is 24.8 Å². The summed E-state index contributed by atoms with van der Waals surface area (Å²) in [5, 5.41) is 13.9. The summed E-state index contributed by atoms with van der Waals surface area (Å²) in [5.74, 6) is 0.517. The van der Waals surface area contributed by atoms with Crippen molar-refractivity contribution in [2.45, 2.75) is 20.3 Å². The molecule has 6 heteroatoms. The number of nitrogen functional groups attached to an aromatic ring is 1. The van der Waals surface area contributed by atoms with Gasteiger partial charge in [0.25, 0.3) is 0 Å². The Balaban J connectivity index is 2.41. The molecule has 0 fully saturated rings. The van der Waals surface area contributed by atoms with E-state index in [2.05, 4.69) is 19.2 Å². The standard InChI is InChI=1S/C13H21N3O3/c1-10(2)9-19-8-4-7-15-12-6-3-5-11(14)13(12)16(17)18/h3,5-6,10,15H,4,7-9,14H2,1-2H3. The number of nitro groups is 1. The van der Waals surface area contributed by atoms with E-state index in [0.717, 1.165) is 13.0 Å². The zero-order valence-corrected chi connectivity index (χ0v) is 11.4. The van der Waals surface area contributed by atoms with Crippen LogP contribution in [0, 0.1) is 16.0 Å². The van der Waals surface area contributed by atoms with Gasteiger partial charge in [-0.1, -0.05) is 19.9 Å². The van der Waals surface area contributed by atoms with Crippen LogP contribution in [0.4, 0.5) is 17.1 Å². The second-order valence-corrected chi connectivity index (χ2v) is 4.75. The second-order valence-electron chi connectivity index (χ2n) is 4.75. The molecular formula is C13H21N3O3. The third kappa shape index (κ3) is 5.13. The maximum atomic E-state index is 10.9. The van der Waals surface area contributed by atoms with Crippen LogP contribution in [0.15, 0.2) is 18.2 Å². The van der Waals surface area contributed by atoms with Gasteiger partial charge in [0, 0.05) is 19.8 Å². The average Bonchev–Trinajstić information content (AvgIpc) is 2.32. The molecule has 1 rings (SSSR count). The number of nitrogens with two attached hydrogens (primary N) is 1. The Morgan fingerprint density at radius 3 is 2.84 bits per heavy atom. The van der Waals surface area contributed by atoms with Crippen LogP contribution >= 0.6 is 0 Å². The minimum absolute atomic E-state index is 0.0643. The minimum atomic E-state index is -0.465. The van der Waals surface area contributed by atoms with Crippen molar-refractivity contribution in [1.29, 1.82) is 0 Å². The Morgan fingerprint density at radius 2 is 2.21 bits per heavy atom. The normalized spacial score (nSPS) is 10.7. The van der Waals surface area contributed by atoms with Gasteiger partial charge in [-0.25, -0.2) is 0 Å². The Labute approximate surface area is 113 Å². The van der Waals surface area contributed by atoms with Gasteiger partial charge in [-0.2, -0.15) is 0 Å². The van der Waals surface area contributed by atoms with Crippen LogP contribution in [-0.4, -0.2) is 24.7 Å². The highest BCUT2D eigenvalue weighted by molar-refractivity contribution is 5.74. The predicted molar refractivity (Wildman–Crippen MR) is 76.3 cm³/mol. The Morgan fingerprint density at radius 1 is 1.47 bits per heavy atom. The van der Waals surface area contributed by atoms with Gasteiger partial charge in [-0.05, 0) is 24.5 Å². The molecule has 0 saturated heterocycles. The molecule has 3 N–H and O–H groups in total. The first kappa shape index (κ1) is 15.2. The zero-order chi connectivity index (χ0) is 14.3.